The second-order valence-electron chi connectivity index (χ2n) is 27.5. The van der Waals surface area contributed by atoms with Crippen molar-refractivity contribution < 1.29 is 80.2 Å². The molecule has 2 unspecified atom stereocenters. The molecule has 3 N–H and O–H groups in total. The molecule has 0 aliphatic heterocycles. The first kappa shape index (κ1) is 92.1. The van der Waals surface area contributed by atoms with Crippen LogP contribution in [0.5, 0.6) is 0 Å². The molecule has 0 saturated carbocycles. The topological polar surface area (TPSA) is 237 Å². The fourth-order valence-corrected chi connectivity index (χ4v) is 13.1. The molecular weight excluding hydrogens is 1230 g/mol. The summed E-state index contributed by atoms with van der Waals surface area (Å²) in [4.78, 5) is 72.5. The quantitative estimate of drug-likeness (QED) is 0.0222. The average molecular weight is 1380 g/mol. The fraction of sp³-hybridized carbons (Fsp3) is 0.947. The molecular formula is C75H146O17P2. The highest BCUT2D eigenvalue weighted by molar-refractivity contribution is 7.47. The molecule has 0 heterocycles. The fourth-order valence-electron chi connectivity index (χ4n) is 11.5. The van der Waals surface area contributed by atoms with Gasteiger partial charge in [0.2, 0.25) is 0 Å². The Balaban J connectivity index is 5.14. The van der Waals surface area contributed by atoms with Crippen molar-refractivity contribution in [3.05, 3.63) is 0 Å². The molecule has 94 heavy (non-hydrogen) atoms. The number of hydrogen-bond acceptors (Lipinski definition) is 15. The van der Waals surface area contributed by atoms with E-state index < -0.39 is 97.5 Å². The summed E-state index contributed by atoms with van der Waals surface area (Å²) in [5, 5.41) is 10.6. The van der Waals surface area contributed by atoms with Gasteiger partial charge < -0.3 is 33.8 Å². The van der Waals surface area contributed by atoms with Crippen molar-refractivity contribution in [3.63, 3.8) is 0 Å². The van der Waals surface area contributed by atoms with Gasteiger partial charge in [-0.3, -0.25) is 37.3 Å². The van der Waals surface area contributed by atoms with Gasteiger partial charge in [-0.1, -0.05) is 343 Å². The number of phosphoric ester groups is 2. The Kier molecular flexibility index (Phi) is 66.8. The van der Waals surface area contributed by atoms with Gasteiger partial charge in [-0.2, -0.15) is 0 Å². The lowest BCUT2D eigenvalue weighted by Crippen LogP contribution is -2.30. The summed E-state index contributed by atoms with van der Waals surface area (Å²) in [5.41, 5.74) is 0. The van der Waals surface area contributed by atoms with Crippen molar-refractivity contribution >= 4 is 39.5 Å². The van der Waals surface area contributed by atoms with Gasteiger partial charge in [-0.15, -0.1) is 0 Å². The smallest absolute Gasteiger partial charge is 0.462 e. The van der Waals surface area contributed by atoms with E-state index in [4.69, 9.17) is 37.0 Å². The van der Waals surface area contributed by atoms with E-state index in [-0.39, 0.29) is 25.7 Å². The zero-order valence-corrected chi connectivity index (χ0v) is 62.9. The minimum Gasteiger partial charge on any atom is -0.462 e. The van der Waals surface area contributed by atoms with Crippen LogP contribution in [0.15, 0.2) is 0 Å². The lowest BCUT2D eigenvalue weighted by molar-refractivity contribution is -0.161. The number of rotatable bonds is 75. The number of carbonyl (C=O) groups is 4. The minimum absolute atomic E-state index is 0.106. The van der Waals surface area contributed by atoms with Gasteiger partial charge in [0.15, 0.2) is 12.2 Å². The second kappa shape index (κ2) is 68.2. The van der Waals surface area contributed by atoms with Gasteiger partial charge in [0.1, 0.15) is 19.3 Å². The molecule has 0 fully saturated rings. The number of esters is 4. The van der Waals surface area contributed by atoms with E-state index in [0.717, 1.165) is 109 Å². The first-order valence-electron chi connectivity index (χ1n) is 39.1. The molecule has 5 atom stereocenters. The van der Waals surface area contributed by atoms with Crippen LogP contribution in [-0.4, -0.2) is 96.7 Å². The highest BCUT2D eigenvalue weighted by Crippen LogP contribution is 2.45. The predicted molar refractivity (Wildman–Crippen MR) is 382 cm³/mol. The Bertz CT molecular complexity index is 1810. The highest BCUT2D eigenvalue weighted by atomic mass is 31.2. The van der Waals surface area contributed by atoms with Gasteiger partial charge in [-0.05, 0) is 31.6 Å². The highest BCUT2D eigenvalue weighted by Gasteiger charge is 2.30. The molecule has 17 nitrogen and oxygen atoms in total. The van der Waals surface area contributed by atoms with Gasteiger partial charge in [0.25, 0.3) is 0 Å². The predicted octanol–water partition coefficient (Wildman–Crippen LogP) is 22.1. The Labute approximate surface area is 575 Å². The van der Waals surface area contributed by atoms with Gasteiger partial charge in [0.05, 0.1) is 26.4 Å². The first-order valence-corrected chi connectivity index (χ1v) is 42.1. The summed E-state index contributed by atoms with van der Waals surface area (Å²) >= 11 is 0. The number of aliphatic hydroxyl groups is 1. The maximum Gasteiger partial charge on any atom is 0.472 e. The van der Waals surface area contributed by atoms with Crippen LogP contribution in [0.25, 0.3) is 0 Å². The number of aliphatic hydroxyl groups excluding tert-OH is 1. The standard InChI is InChI=1S/C75H146O17P2/c1-6-9-12-15-18-20-21-22-23-24-25-26-27-30-34-37-41-46-51-56-61-75(80)92-71(65-86-73(78)59-54-49-44-40-36-33-31-28-29-32-35-39-43-47-52-57-68(4)5)67-90-94(83,84)88-63-69(76)62-87-93(81,82)89-66-70(64-85-72(77)58-53-48-42-17-14-11-8-3)91-74(79)60-55-50-45-38-19-16-13-10-7-2/h68-71,76H,6-67H2,1-5H3,(H,81,82)(H,83,84)/t69-,70+,71+/m0/s1. The van der Waals surface area contributed by atoms with Gasteiger partial charge in [0, 0.05) is 25.7 Å². The number of unbranched alkanes of at least 4 members (excludes halogenated alkanes) is 47. The summed E-state index contributed by atoms with van der Waals surface area (Å²) in [6.45, 7) is 7.25. The molecule has 0 aromatic heterocycles. The normalized spacial score (nSPS) is 14.0. The van der Waals surface area contributed by atoms with Crippen LogP contribution < -0.4 is 0 Å². The molecule has 0 aliphatic carbocycles. The largest absolute Gasteiger partial charge is 0.472 e. The average Bonchev–Trinajstić information content (AvgIpc) is 1.29. The van der Waals surface area contributed by atoms with E-state index in [1.54, 1.807) is 0 Å². The van der Waals surface area contributed by atoms with Crippen LogP contribution in [0.2, 0.25) is 0 Å². The zero-order chi connectivity index (χ0) is 69.1. The summed E-state index contributed by atoms with van der Waals surface area (Å²) in [5.74, 6) is -1.32. The van der Waals surface area contributed by atoms with Crippen LogP contribution in [0.3, 0.4) is 0 Å². The number of carbonyl (C=O) groups excluding carboxylic acids is 4. The third-order valence-electron chi connectivity index (χ3n) is 17.5. The van der Waals surface area contributed by atoms with Crippen LogP contribution in [0.4, 0.5) is 0 Å². The van der Waals surface area contributed by atoms with E-state index in [2.05, 4.69) is 34.6 Å². The zero-order valence-electron chi connectivity index (χ0n) is 61.1. The Morgan fingerprint density at radius 2 is 0.489 bits per heavy atom. The maximum atomic E-state index is 13.1. The van der Waals surface area contributed by atoms with Crippen molar-refractivity contribution in [1.29, 1.82) is 0 Å². The molecule has 0 radical (unpaired) electrons. The van der Waals surface area contributed by atoms with Crippen molar-refractivity contribution in [2.45, 2.75) is 412 Å². The number of phosphoric acid groups is 2. The summed E-state index contributed by atoms with van der Waals surface area (Å²) in [6.07, 6.45) is 57.2. The molecule has 0 aliphatic rings. The molecule has 0 amide bonds. The van der Waals surface area contributed by atoms with Gasteiger partial charge >= 0.3 is 39.5 Å². The number of ether oxygens (including phenoxy) is 4. The molecule has 0 bridgehead atoms. The molecule has 0 spiro atoms. The lowest BCUT2D eigenvalue weighted by atomic mass is 10.0. The minimum atomic E-state index is -4.95. The molecule has 0 rings (SSSR count). The number of hydrogen-bond donors (Lipinski definition) is 3. The summed E-state index contributed by atoms with van der Waals surface area (Å²) in [6, 6.07) is 0. The molecule has 0 aromatic carbocycles. The lowest BCUT2D eigenvalue weighted by Gasteiger charge is -2.21. The third kappa shape index (κ3) is 68.6. The Morgan fingerprint density at radius 3 is 0.723 bits per heavy atom. The van der Waals surface area contributed by atoms with Gasteiger partial charge in [-0.25, -0.2) is 9.13 Å². The first-order chi connectivity index (χ1) is 45.5. The SMILES string of the molecule is CCCCCCCCCCCCCCCCCCCCCCC(=O)O[C@H](COC(=O)CCCCCCCCCCCCCCCCCC(C)C)COP(=O)(O)OC[C@@H](O)COP(=O)(O)OC[C@@H](COC(=O)CCCCCCCCC)OC(=O)CCCCCCCCCCC. The molecule has 558 valence electrons. The monoisotopic (exact) mass is 1380 g/mol. The van der Waals surface area contributed by atoms with Crippen molar-refractivity contribution in [2.24, 2.45) is 5.92 Å². The van der Waals surface area contributed by atoms with E-state index in [9.17, 15) is 43.2 Å². The Morgan fingerprint density at radius 1 is 0.287 bits per heavy atom. The third-order valence-corrected chi connectivity index (χ3v) is 19.4. The molecule has 0 aromatic rings. The maximum absolute atomic E-state index is 13.1. The van der Waals surface area contributed by atoms with Crippen LogP contribution in [0, 0.1) is 5.92 Å². The van der Waals surface area contributed by atoms with E-state index in [1.807, 2.05) is 0 Å². The van der Waals surface area contributed by atoms with Crippen LogP contribution >= 0.6 is 15.6 Å². The van der Waals surface area contributed by atoms with Crippen molar-refractivity contribution in [3.8, 4) is 0 Å². The van der Waals surface area contributed by atoms with Crippen LogP contribution in [-0.2, 0) is 65.4 Å². The van der Waals surface area contributed by atoms with E-state index in [0.29, 0.717) is 25.7 Å². The van der Waals surface area contributed by atoms with Crippen LogP contribution in [0.1, 0.15) is 394 Å². The second-order valence-corrected chi connectivity index (χ2v) is 30.4. The summed E-state index contributed by atoms with van der Waals surface area (Å²) in [7, 11) is -9.90. The van der Waals surface area contributed by atoms with E-state index in [1.165, 1.54) is 205 Å². The van der Waals surface area contributed by atoms with Crippen molar-refractivity contribution in [1.82, 2.24) is 0 Å². The van der Waals surface area contributed by atoms with Crippen molar-refractivity contribution in [2.75, 3.05) is 39.6 Å². The molecule has 0 saturated heterocycles. The molecule has 19 heteroatoms. The summed E-state index contributed by atoms with van der Waals surface area (Å²) < 4.78 is 68.3. The Hall–Kier alpha value is -1.94. The van der Waals surface area contributed by atoms with E-state index >= 15 is 0 Å².